The summed E-state index contributed by atoms with van der Waals surface area (Å²) in [6.45, 7) is 13.4. The first-order valence-electron chi connectivity index (χ1n) is 6.72. The fraction of sp³-hybridized carbons (Fsp3) is 0.625. The van der Waals surface area contributed by atoms with E-state index >= 15 is 0 Å². The molecule has 1 heteroatoms. The summed E-state index contributed by atoms with van der Waals surface area (Å²) in [5.41, 5.74) is 4.27. The van der Waals surface area contributed by atoms with Gasteiger partial charge in [0.1, 0.15) is 0 Å². The van der Waals surface area contributed by atoms with Crippen LogP contribution >= 0.6 is 0 Å². The maximum Gasteiger partial charge on any atom is 0.00698 e. The first kappa shape index (κ1) is 14.2. The van der Waals surface area contributed by atoms with Crippen molar-refractivity contribution in [2.45, 2.75) is 60.0 Å². The smallest absolute Gasteiger partial charge is 0.00698 e. The van der Waals surface area contributed by atoms with Crippen LogP contribution in [-0.2, 0) is 6.42 Å². The fourth-order valence-electron chi connectivity index (χ4n) is 2.23. The van der Waals surface area contributed by atoms with Crippen molar-refractivity contribution in [1.29, 1.82) is 0 Å². The Hall–Kier alpha value is -0.820. The van der Waals surface area contributed by atoms with Gasteiger partial charge in [0, 0.05) is 12.1 Å². The second kappa shape index (κ2) is 6.20. The van der Waals surface area contributed by atoms with Gasteiger partial charge < -0.3 is 5.32 Å². The molecule has 1 nitrogen and oxygen atoms in total. The molecule has 1 rings (SSSR count). The average molecular weight is 233 g/mol. The topological polar surface area (TPSA) is 12.0 Å². The number of aryl methyl sites for hydroxylation is 2. The van der Waals surface area contributed by atoms with Crippen LogP contribution in [-0.4, -0.2) is 12.1 Å². The summed E-state index contributed by atoms with van der Waals surface area (Å²) >= 11 is 0. The molecule has 0 fully saturated rings. The molecule has 0 bridgehead atoms. The summed E-state index contributed by atoms with van der Waals surface area (Å²) in [7, 11) is 0. The molecule has 2 atom stereocenters. The van der Waals surface area contributed by atoms with Crippen molar-refractivity contribution >= 4 is 0 Å². The van der Waals surface area contributed by atoms with Gasteiger partial charge in [-0.05, 0) is 44.2 Å². The quantitative estimate of drug-likeness (QED) is 0.814. The molecule has 0 aliphatic carbocycles. The van der Waals surface area contributed by atoms with Gasteiger partial charge in [0.25, 0.3) is 0 Å². The van der Waals surface area contributed by atoms with Crippen LogP contribution in [0.25, 0.3) is 0 Å². The number of benzene rings is 1. The second-order valence-corrected chi connectivity index (χ2v) is 5.72. The highest BCUT2D eigenvalue weighted by atomic mass is 14.9. The predicted molar refractivity (Wildman–Crippen MR) is 76.5 cm³/mol. The van der Waals surface area contributed by atoms with E-state index in [4.69, 9.17) is 0 Å². The van der Waals surface area contributed by atoms with Gasteiger partial charge in [0.15, 0.2) is 0 Å². The van der Waals surface area contributed by atoms with Crippen molar-refractivity contribution in [3.63, 3.8) is 0 Å². The maximum atomic E-state index is 3.60. The molecule has 0 heterocycles. The molecule has 1 aromatic carbocycles. The van der Waals surface area contributed by atoms with E-state index < -0.39 is 0 Å². The molecule has 17 heavy (non-hydrogen) atoms. The van der Waals surface area contributed by atoms with Crippen LogP contribution in [0.3, 0.4) is 0 Å². The van der Waals surface area contributed by atoms with Gasteiger partial charge >= 0.3 is 0 Å². The number of hydrogen-bond acceptors (Lipinski definition) is 1. The van der Waals surface area contributed by atoms with Gasteiger partial charge in [-0.2, -0.15) is 0 Å². The molecule has 1 aromatic rings. The molecule has 0 aliphatic rings. The Balaban J connectivity index is 2.67. The van der Waals surface area contributed by atoms with Gasteiger partial charge in [-0.25, -0.2) is 0 Å². The summed E-state index contributed by atoms with van der Waals surface area (Å²) < 4.78 is 0. The Morgan fingerprint density at radius 1 is 1.06 bits per heavy atom. The normalized spacial score (nSPS) is 15.0. The van der Waals surface area contributed by atoms with Crippen molar-refractivity contribution in [2.75, 3.05) is 0 Å². The van der Waals surface area contributed by atoms with Gasteiger partial charge in [-0.15, -0.1) is 0 Å². The van der Waals surface area contributed by atoms with E-state index in [-0.39, 0.29) is 0 Å². The summed E-state index contributed by atoms with van der Waals surface area (Å²) in [5, 5.41) is 3.60. The lowest BCUT2D eigenvalue weighted by molar-refractivity contribution is 0.371. The van der Waals surface area contributed by atoms with Crippen LogP contribution < -0.4 is 5.32 Å². The zero-order chi connectivity index (χ0) is 13.0. The lowest BCUT2D eigenvalue weighted by Gasteiger charge is -2.24. The molecule has 0 saturated carbocycles. The molecule has 96 valence electrons. The zero-order valence-electron chi connectivity index (χ0n) is 12.2. The summed E-state index contributed by atoms with van der Waals surface area (Å²) in [6, 6.07) is 7.88. The molecule has 0 aliphatic heterocycles. The molecule has 0 spiro atoms. The molecule has 0 aromatic heterocycles. The van der Waals surface area contributed by atoms with Crippen molar-refractivity contribution in [1.82, 2.24) is 5.32 Å². The minimum absolute atomic E-state index is 0.561. The Morgan fingerprint density at radius 3 is 2.29 bits per heavy atom. The first-order valence-corrected chi connectivity index (χ1v) is 6.72. The first-order chi connectivity index (χ1) is 7.90. The van der Waals surface area contributed by atoms with Gasteiger partial charge in [-0.3, -0.25) is 0 Å². The van der Waals surface area contributed by atoms with E-state index in [1.807, 2.05) is 0 Å². The summed E-state index contributed by atoms with van der Waals surface area (Å²) in [6.07, 6.45) is 1.16. The molecule has 0 saturated heterocycles. The van der Waals surface area contributed by atoms with Gasteiger partial charge in [-0.1, -0.05) is 44.5 Å². The summed E-state index contributed by atoms with van der Waals surface area (Å²) in [5.74, 6) is 0.665. The largest absolute Gasteiger partial charge is 0.312 e. The van der Waals surface area contributed by atoms with Gasteiger partial charge in [0.2, 0.25) is 0 Å². The number of rotatable bonds is 5. The van der Waals surface area contributed by atoms with E-state index in [0.717, 1.165) is 6.42 Å². The van der Waals surface area contributed by atoms with Crippen LogP contribution in [0.1, 0.15) is 44.4 Å². The Kier molecular flexibility index (Phi) is 5.20. The van der Waals surface area contributed by atoms with Crippen molar-refractivity contribution in [3.8, 4) is 0 Å². The van der Waals surface area contributed by atoms with Crippen LogP contribution in [0.4, 0.5) is 0 Å². The zero-order valence-corrected chi connectivity index (χ0v) is 12.2. The van der Waals surface area contributed by atoms with E-state index in [1.54, 1.807) is 0 Å². The molecule has 0 radical (unpaired) electrons. The van der Waals surface area contributed by atoms with Crippen LogP contribution in [0.15, 0.2) is 18.2 Å². The fourth-order valence-corrected chi connectivity index (χ4v) is 2.23. The Morgan fingerprint density at radius 2 is 1.71 bits per heavy atom. The van der Waals surface area contributed by atoms with Crippen molar-refractivity contribution in [2.24, 2.45) is 5.92 Å². The van der Waals surface area contributed by atoms with Crippen molar-refractivity contribution < 1.29 is 0 Å². The highest BCUT2D eigenvalue weighted by Crippen LogP contribution is 2.17. The Bertz CT molecular complexity index is 355. The Labute approximate surface area is 107 Å². The van der Waals surface area contributed by atoms with Crippen LogP contribution in [0.5, 0.6) is 0 Å². The minimum atomic E-state index is 0.561. The molecule has 0 amide bonds. The molecular formula is C16H27N. The molecule has 2 unspecified atom stereocenters. The average Bonchev–Trinajstić information content (AvgIpc) is 2.22. The van der Waals surface area contributed by atoms with Crippen LogP contribution in [0, 0.1) is 19.8 Å². The lowest BCUT2D eigenvalue weighted by atomic mass is 9.91. The van der Waals surface area contributed by atoms with E-state index in [2.05, 4.69) is 65.1 Å². The number of nitrogens with one attached hydrogen (secondary N) is 1. The maximum absolute atomic E-state index is 3.60. The monoisotopic (exact) mass is 233 g/mol. The highest BCUT2D eigenvalue weighted by Gasteiger charge is 2.14. The minimum Gasteiger partial charge on any atom is -0.312 e. The number of hydrogen-bond donors (Lipinski definition) is 1. The predicted octanol–water partition coefficient (Wildman–Crippen LogP) is 3.87. The van der Waals surface area contributed by atoms with Gasteiger partial charge in [0.05, 0.1) is 0 Å². The van der Waals surface area contributed by atoms with Crippen LogP contribution in [0.2, 0.25) is 0 Å². The van der Waals surface area contributed by atoms with Crippen molar-refractivity contribution in [3.05, 3.63) is 34.9 Å². The third-order valence-corrected chi connectivity index (χ3v) is 3.50. The molecule has 1 N–H and O–H groups in total. The third kappa shape index (κ3) is 4.51. The summed E-state index contributed by atoms with van der Waals surface area (Å²) in [4.78, 5) is 0. The van der Waals surface area contributed by atoms with E-state index in [0.29, 0.717) is 18.0 Å². The van der Waals surface area contributed by atoms with E-state index in [9.17, 15) is 0 Å². The lowest BCUT2D eigenvalue weighted by Crippen LogP contribution is -2.37. The third-order valence-electron chi connectivity index (χ3n) is 3.50. The second-order valence-electron chi connectivity index (χ2n) is 5.72. The standard InChI is InChI=1S/C16H27N/c1-11(2)17-15(6)14(5)10-16-9-12(3)7-8-13(16)4/h7-9,11,14-15,17H,10H2,1-6H3. The highest BCUT2D eigenvalue weighted by molar-refractivity contribution is 5.30. The SMILES string of the molecule is Cc1ccc(C)c(CC(C)C(C)NC(C)C)c1. The van der Waals surface area contributed by atoms with E-state index in [1.165, 1.54) is 16.7 Å². The molecular weight excluding hydrogens is 206 g/mol.